The number of aromatic nitrogens is 2. The quantitative estimate of drug-likeness (QED) is 0.623. The van der Waals surface area contributed by atoms with E-state index in [1.54, 1.807) is 0 Å². The minimum Gasteiger partial charge on any atom is -0.341 e. The van der Waals surface area contributed by atoms with E-state index in [9.17, 15) is 4.79 Å². The van der Waals surface area contributed by atoms with Crippen LogP contribution >= 0.6 is 0 Å². The third-order valence-corrected chi connectivity index (χ3v) is 5.71. The van der Waals surface area contributed by atoms with Crippen LogP contribution in [0.15, 0.2) is 59.1 Å². The van der Waals surface area contributed by atoms with Gasteiger partial charge in [0.25, 0.3) is 0 Å². The van der Waals surface area contributed by atoms with E-state index in [1.165, 1.54) is 11.1 Å². The van der Waals surface area contributed by atoms with E-state index < -0.39 is 0 Å². The predicted molar refractivity (Wildman–Crippen MR) is 115 cm³/mol. The standard InChI is InChI=1S/C24H28N4O2/c1-18-8-10-19(11-9-18)16-27(2)24(29)21-12-14-28(15-13-21)17-22-25-23(26-30-22)20-6-4-3-5-7-20/h3-11,21H,12-17H2,1-2H3. The molecule has 0 unspecified atom stereocenters. The van der Waals surface area contributed by atoms with Gasteiger partial charge < -0.3 is 9.42 Å². The summed E-state index contributed by atoms with van der Waals surface area (Å²) >= 11 is 0. The van der Waals surface area contributed by atoms with Gasteiger partial charge in [-0.15, -0.1) is 0 Å². The van der Waals surface area contributed by atoms with E-state index in [0.29, 0.717) is 24.8 Å². The molecule has 3 aromatic rings. The van der Waals surface area contributed by atoms with Crippen molar-refractivity contribution in [2.75, 3.05) is 20.1 Å². The summed E-state index contributed by atoms with van der Waals surface area (Å²) in [5, 5.41) is 4.09. The van der Waals surface area contributed by atoms with Gasteiger partial charge in [-0.3, -0.25) is 9.69 Å². The second-order valence-corrected chi connectivity index (χ2v) is 8.11. The maximum atomic E-state index is 12.9. The molecule has 1 saturated heterocycles. The number of likely N-dealkylation sites (tertiary alicyclic amines) is 1. The lowest BCUT2D eigenvalue weighted by atomic mass is 9.95. The molecule has 0 aliphatic carbocycles. The van der Waals surface area contributed by atoms with E-state index in [2.05, 4.69) is 46.2 Å². The minimum absolute atomic E-state index is 0.0827. The van der Waals surface area contributed by atoms with Gasteiger partial charge in [0.05, 0.1) is 6.54 Å². The molecule has 1 aromatic heterocycles. The van der Waals surface area contributed by atoms with Crippen molar-refractivity contribution in [3.63, 3.8) is 0 Å². The molecule has 0 atom stereocenters. The van der Waals surface area contributed by atoms with Gasteiger partial charge >= 0.3 is 0 Å². The van der Waals surface area contributed by atoms with Crippen molar-refractivity contribution in [2.45, 2.75) is 32.9 Å². The van der Waals surface area contributed by atoms with E-state index in [4.69, 9.17) is 4.52 Å². The molecule has 1 aliphatic rings. The van der Waals surface area contributed by atoms with Crippen LogP contribution in [0.3, 0.4) is 0 Å². The number of carbonyl (C=O) groups excluding carboxylic acids is 1. The predicted octanol–water partition coefficient (Wildman–Crippen LogP) is 3.92. The van der Waals surface area contributed by atoms with E-state index in [0.717, 1.165) is 31.5 Å². The average molecular weight is 405 g/mol. The van der Waals surface area contributed by atoms with Crippen LogP contribution < -0.4 is 0 Å². The van der Waals surface area contributed by atoms with Crippen molar-refractivity contribution >= 4 is 5.91 Å². The molecule has 0 bridgehead atoms. The smallest absolute Gasteiger partial charge is 0.241 e. The number of carbonyl (C=O) groups is 1. The van der Waals surface area contributed by atoms with Crippen LogP contribution in [0.5, 0.6) is 0 Å². The number of rotatable bonds is 6. The third-order valence-electron chi connectivity index (χ3n) is 5.71. The van der Waals surface area contributed by atoms with Gasteiger partial charge in [0.1, 0.15) is 0 Å². The molecule has 6 nitrogen and oxygen atoms in total. The Morgan fingerprint density at radius 2 is 1.80 bits per heavy atom. The van der Waals surface area contributed by atoms with Crippen LogP contribution in [0, 0.1) is 12.8 Å². The molecular weight excluding hydrogens is 376 g/mol. The zero-order chi connectivity index (χ0) is 20.9. The molecule has 0 radical (unpaired) electrons. The zero-order valence-electron chi connectivity index (χ0n) is 17.6. The Bertz CT molecular complexity index is 960. The van der Waals surface area contributed by atoms with Crippen molar-refractivity contribution in [3.8, 4) is 11.4 Å². The van der Waals surface area contributed by atoms with Gasteiger partial charge in [-0.1, -0.05) is 65.3 Å². The van der Waals surface area contributed by atoms with Gasteiger partial charge in [0, 0.05) is 25.1 Å². The SMILES string of the molecule is Cc1ccc(CN(C)C(=O)C2CCN(Cc3nc(-c4ccccc4)no3)CC2)cc1. The number of nitrogens with zero attached hydrogens (tertiary/aromatic N) is 4. The number of hydrogen-bond acceptors (Lipinski definition) is 5. The number of amides is 1. The van der Waals surface area contributed by atoms with Crippen LogP contribution in [-0.2, 0) is 17.9 Å². The molecule has 30 heavy (non-hydrogen) atoms. The Balaban J connectivity index is 1.27. The fraction of sp³-hybridized carbons (Fsp3) is 0.375. The normalized spacial score (nSPS) is 15.3. The monoisotopic (exact) mass is 404 g/mol. The van der Waals surface area contributed by atoms with Gasteiger partial charge in [-0.05, 0) is 38.4 Å². The lowest BCUT2D eigenvalue weighted by Gasteiger charge is -2.32. The fourth-order valence-electron chi connectivity index (χ4n) is 3.91. The van der Waals surface area contributed by atoms with Crippen LogP contribution in [0.1, 0.15) is 29.9 Å². The zero-order valence-corrected chi connectivity index (χ0v) is 17.6. The summed E-state index contributed by atoms with van der Waals surface area (Å²) in [6, 6.07) is 18.2. The lowest BCUT2D eigenvalue weighted by Crippen LogP contribution is -2.40. The van der Waals surface area contributed by atoms with Gasteiger partial charge in [0.2, 0.25) is 17.6 Å². The third kappa shape index (κ3) is 4.94. The second-order valence-electron chi connectivity index (χ2n) is 8.11. The molecule has 1 amide bonds. The Hall–Kier alpha value is -2.99. The largest absolute Gasteiger partial charge is 0.341 e. The van der Waals surface area contributed by atoms with Crippen molar-refractivity contribution in [3.05, 3.63) is 71.6 Å². The van der Waals surface area contributed by atoms with Crippen molar-refractivity contribution in [1.82, 2.24) is 19.9 Å². The highest BCUT2D eigenvalue weighted by Gasteiger charge is 2.28. The minimum atomic E-state index is 0.0827. The molecule has 2 aromatic carbocycles. The van der Waals surface area contributed by atoms with Gasteiger partial charge in [-0.25, -0.2) is 0 Å². The molecule has 4 rings (SSSR count). The molecule has 0 spiro atoms. The Morgan fingerprint density at radius 1 is 1.10 bits per heavy atom. The Morgan fingerprint density at radius 3 is 2.50 bits per heavy atom. The summed E-state index contributed by atoms with van der Waals surface area (Å²) in [6.07, 6.45) is 1.72. The summed E-state index contributed by atoms with van der Waals surface area (Å²) in [5.74, 6) is 1.56. The topological polar surface area (TPSA) is 62.5 Å². The first-order valence-electron chi connectivity index (χ1n) is 10.5. The Kier molecular flexibility index (Phi) is 6.23. The van der Waals surface area contributed by atoms with Crippen molar-refractivity contribution in [2.24, 2.45) is 5.92 Å². The van der Waals surface area contributed by atoms with E-state index in [-0.39, 0.29) is 11.8 Å². The molecule has 156 valence electrons. The molecule has 2 heterocycles. The summed E-state index contributed by atoms with van der Waals surface area (Å²) in [7, 11) is 1.90. The van der Waals surface area contributed by atoms with E-state index >= 15 is 0 Å². The van der Waals surface area contributed by atoms with Crippen LogP contribution in [0.25, 0.3) is 11.4 Å². The van der Waals surface area contributed by atoms with Crippen molar-refractivity contribution in [1.29, 1.82) is 0 Å². The summed E-state index contributed by atoms with van der Waals surface area (Å²) in [5.41, 5.74) is 3.35. The molecule has 1 aliphatic heterocycles. The van der Waals surface area contributed by atoms with Crippen LogP contribution in [0.4, 0.5) is 0 Å². The van der Waals surface area contributed by atoms with E-state index in [1.807, 2.05) is 42.3 Å². The number of aryl methyl sites for hydroxylation is 1. The average Bonchev–Trinajstić information content (AvgIpc) is 3.24. The molecular formula is C24H28N4O2. The summed E-state index contributed by atoms with van der Waals surface area (Å²) in [6.45, 7) is 5.07. The number of benzene rings is 2. The first kappa shape index (κ1) is 20.3. The lowest BCUT2D eigenvalue weighted by molar-refractivity contribution is -0.136. The number of piperidine rings is 1. The first-order valence-corrected chi connectivity index (χ1v) is 10.5. The molecule has 6 heteroatoms. The highest BCUT2D eigenvalue weighted by molar-refractivity contribution is 5.78. The Labute approximate surface area is 177 Å². The number of hydrogen-bond donors (Lipinski definition) is 0. The van der Waals surface area contributed by atoms with Crippen LogP contribution in [0.2, 0.25) is 0 Å². The molecule has 0 N–H and O–H groups in total. The fourth-order valence-corrected chi connectivity index (χ4v) is 3.91. The molecule has 1 fully saturated rings. The van der Waals surface area contributed by atoms with Gasteiger partial charge in [0.15, 0.2) is 0 Å². The van der Waals surface area contributed by atoms with Crippen LogP contribution in [-0.4, -0.2) is 46.0 Å². The van der Waals surface area contributed by atoms with Gasteiger partial charge in [-0.2, -0.15) is 4.98 Å². The second kappa shape index (κ2) is 9.22. The first-order chi connectivity index (χ1) is 14.6. The summed E-state index contributed by atoms with van der Waals surface area (Å²) in [4.78, 5) is 21.5. The van der Waals surface area contributed by atoms with Crippen molar-refractivity contribution < 1.29 is 9.32 Å². The summed E-state index contributed by atoms with van der Waals surface area (Å²) < 4.78 is 5.43. The maximum Gasteiger partial charge on any atom is 0.241 e. The maximum absolute atomic E-state index is 12.9. The highest BCUT2D eigenvalue weighted by atomic mass is 16.5. The highest BCUT2D eigenvalue weighted by Crippen LogP contribution is 2.22. The molecule has 0 saturated carbocycles.